The Labute approximate surface area is 113 Å². The summed E-state index contributed by atoms with van der Waals surface area (Å²) < 4.78 is 6.67. The maximum absolute atomic E-state index is 5.66. The fraction of sp³-hybridized carbons (Fsp3) is 0.571. The number of rotatable bonds is 9. The molecule has 0 atom stereocenters. The molecule has 0 radical (unpaired) electrons. The van der Waals surface area contributed by atoms with E-state index in [1.54, 1.807) is 0 Å². The number of ether oxygens (including phenoxy) is 1. The van der Waals surface area contributed by atoms with E-state index in [9.17, 15) is 0 Å². The minimum Gasteiger partial charge on any atom is -0.491 e. The van der Waals surface area contributed by atoms with Crippen molar-refractivity contribution >= 4 is 15.9 Å². The molecule has 0 aliphatic carbocycles. The van der Waals surface area contributed by atoms with Crippen LogP contribution in [-0.2, 0) is 0 Å². The van der Waals surface area contributed by atoms with Gasteiger partial charge in [-0.1, -0.05) is 38.3 Å². The SMILES string of the molecule is CCCCCCNCCOc1ccccc1Br. The van der Waals surface area contributed by atoms with Crippen LogP contribution in [-0.4, -0.2) is 19.7 Å². The summed E-state index contributed by atoms with van der Waals surface area (Å²) in [4.78, 5) is 0. The van der Waals surface area contributed by atoms with Gasteiger partial charge in [0.25, 0.3) is 0 Å². The van der Waals surface area contributed by atoms with Crippen molar-refractivity contribution < 1.29 is 4.74 Å². The van der Waals surface area contributed by atoms with Crippen molar-refractivity contribution in [3.8, 4) is 5.75 Å². The average Bonchev–Trinajstić information content (AvgIpc) is 2.35. The Kier molecular flexibility index (Phi) is 8.10. The molecule has 0 unspecified atom stereocenters. The van der Waals surface area contributed by atoms with Crippen LogP contribution in [0, 0.1) is 0 Å². The van der Waals surface area contributed by atoms with E-state index < -0.39 is 0 Å². The largest absolute Gasteiger partial charge is 0.491 e. The second-order valence-corrected chi connectivity index (χ2v) is 4.94. The third-order valence-corrected chi connectivity index (χ3v) is 3.24. The van der Waals surface area contributed by atoms with Gasteiger partial charge in [-0.15, -0.1) is 0 Å². The Bertz CT molecular complexity index is 304. The van der Waals surface area contributed by atoms with E-state index in [4.69, 9.17) is 4.74 Å². The standard InChI is InChI=1S/C14H22BrNO/c1-2-3-4-7-10-16-11-12-17-14-9-6-5-8-13(14)15/h5-6,8-9,16H,2-4,7,10-12H2,1H3. The molecule has 1 N–H and O–H groups in total. The molecule has 0 aromatic heterocycles. The van der Waals surface area contributed by atoms with Gasteiger partial charge in [0, 0.05) is 6.54 Å². The fourth-order valence-corrected chi connectivity index (χ4v) is 2.00. The van der Waals surface area contributed by atoms with E-state index in [0.29, 0.717) is 0 Å². The quantitative estimate of drug-likeness (QED) is 0.696. The number of hydrogen-bond acceptors (Lipinski definition) is 2. The Balaban J connectivity index is 1.99. The van der Waals surface area contributed by atoms with Crippen LogP contribution in [0.4, 0.5) is 0 Å². The Morgan fingerprint density at radius 2 is 1.94 bits per heavy atom. The fourth-order valence-electron chi connectivity index (χ4n) is 1.60. The molecular weight excluding hydrogens is 278 g/mol. The van der Waals surface area contributed by atoms with Gasteiger partial charge in [0.15, 0.2) is 0 Å². The molecule has 3 heteroatoms. The molecule has 1 rings (SSSR count). The topological polar surface area (TPSA) is 21.3 Å². The predicted molar refractivity (Wildman–Crippen MR) is 76.6 cm³/mol. The zero-order valence-electron chi connectivity index (χ0n) is 10.5. The molecule has 0 fully saturated rings. The van der Waals surface area contributed by atoms with Crippen LogP contribution in [0.5, 0.6) is 5.75 Å². The molecule has 1 aromatic carbocycles. The molecule has 96 valence electrons. The third-order valence-electron chi connectivity index (χ3n) is 2.58. The lowest BCUT2D eigenvalue weighted by Gasteiger charge is -2.08. The van der Waals surface area contributed by atoms with E-state index >= 15 is 0 Å². The van der Waals surface area contributed by atoms with Crippen LogP contribution in [0.2, 0.25) is 0 Å². The van der Waals surface area contributed by atoms with Gasteiger partial charge >= 0.3 is 0 Å². The van der Waals surface area contributed by atoms with Gasteiger partial charge in [-0.05, 0) is 41.0 Å². The van der Waals surface area contributed by atoms with E-state index in [-0.39, 0.29) is 0 Å². The predicted octanol–water partition coefficient (Wildman–Crippen LogP) is 4.00. The van der Waals surface area contributed by atoms with Crippen LogP contribution >= 0.6 is 15.9 Å². The molecule has 1 aromatic rings. The van der Waals surface area contributed by atoms with E-state index in [1.165, 1.54) is 25.7 Å². The number of para-hydroxylation sites is 1. The molecule has 17 heavy (non-hydrogen) atoms. The zero-order chi connectivity index (χ0) is 12.3. The lowest BCUT2D eigenvalue weighted by atomic mass is 10.2. The lowest BCUT2D eigenvalue weighted by Crippen LogP contribution is -2.22. The van der Waals surface area contributed by atoms with E-state index in [0.717, 1.165) is 29.9 Å². The van der Waals surface area contributed by atoms with Gasteiger partial charge < -0.3 is 10.1 Å². The van der Waals surface area contributed by atoms with Crippen molar-refractivity contribution in [2.24, 2.45) is 0 Å². The van der Waals surface area contributed by atoms with Gasteiger partial charge in [-0.2, -0.15) is 0 Å². The summed E-state index contributed by atoms with van der Waals surface area (Å²) >= 11 is 3.46. The summed E-state index contributed by atoms with van der Waals surface area (Å²) in [6.45, 7) is 4.96. The number of hydrogen-bond donors (Lipinski definition) is 1. The first-order valence-corrected chi connectivity index (χ1v) is 7.22. The number of benzene rings is 1. The van der Waals surface area contributed by atoms with Gasteiger partial charge in [-0.3, -0.25) is 0 Å². The molecule has 2 nitrogen and oxygen atoms in total. The van der Waals surface area contributed by atoms with Crippen LogP contribution in [0.3, 0.4) is 0 Å². The number of unbranched alkanes of at least 4 members (excludes halogenated alkanes) is 3. The molecule has 0 aliphatic rings. The van der Waals surface area contributed by atoms with Crippen LogP contribution in [0.25, 0.3) is 0 Å². The molecule has 0 heterocycles. The highest BCUT2D eigenvalue weighted by Crippen LogP contribution is 2.23. The van der Waals surface area contributed by atoms with Crippen molar-refractivity contribution in [1.29, 1.82) is 0 Å². The Hall–Kier alpha value is -0.540. The van der Waals surface area contributed by atoms with Gasteiger partial charge in [0.2, 0.25) is 0 Å². The normalized spacial score (nSPS) is 10.5. The maximum atomic E-state index is 5.66. The highest BCUT2D eigenvalue weighted by Gasteiger charge is 1.97. The summed E-state index contributed by atoms with van der Waals surface area (Å²) in [5.74, 6) is 0.917. The van der Waals surface area contributed by atoms with Crippen LogP contribution < -0.4 is 10.1 Å². The zero-order valence-corrected chi connectivity index (χ0v) is 12.1. The summed E-state index contributed by atoms with van der Waals surface area (Å²) in [6.07, 6.45) is 5.23. The maximum Gasteiger partial charge on any atom is 0.133 e. The Morgan fingerprint density at radius 1 is 1.12 bits per heavy atom. The highest BCUT2D eigenvalue weighted by molar-refractivity contribution is 9.10. The Morgan fingerprint density at radius 3 is 2.71 bits per heavy atom. The number of halogens is 1. The van der Waals surface area contributed by atoms with E-state index in [1.807, 2.05) is 24.3 Å². The third kappa shape index (κ3) is 6.69. The molecular formula is C14H22BrNO. The second kappa shape index (κ2) is 9.49. The minimum absolute atomic E-state index is 0.719. The molecule has 0 bridgehead atoms. The molecule has 0 spiro atoms. The first-order chi connectivity index (χ1) is 8.34. The van der Waals surface area contributed by atoms with Crippen molar-refractivity contribution in [3.63, 3.8) is 0 Å². The van der Waals surface area contributed by atoms with Crippen LogP contribution in [0.1, 0.15) is 32.6 Å². The van der Waals surface area contributed by atoms with Crippen molar-refractivity contribution in [2.45, 2.75) is 32.6 Å². The summed E-state index contributed by atoms with van der Waals surface area (Å²) in [6, 6.07) is 7.94. The van der Waals surface area contributed by atoms with Crippen LogP contribution in [0.15, 0.2) is 28.7 Å². The summed E-state index contributed by atoms with van der Waals surface area (Å²) in [5, 5.41) is 3.39. The van der Waals surface area contributed by atoms with E-state index in [2.05, 4.69) is 28.2 Å². The lowest BCUT2D eigenvalue weighted by molar-refractivity contribution is 0.311. The average molecular weight is 300 g/mol. The van der Waals surface area contributed by atoms with Gasteiger partial charge in [0.1, 0.15) is 12.4 Å². The molecule has 0 saturated heterocycles. The van der Waals surface area contributed by atoms with Crippen molar-refractivity contribution in [3.05, 3.63) is 28.7 Å². The highest BCUT2D eigenvalue weighted by atomic mass is 79.9. The monoisotopic (exact) mass is 299 g/mol. The smallest absolute Gasteiger partial charge is 0.133 e. The molecule has 0 amide bonds. The molecule has 0 saturated carbocycles. The van der Waals surface area contributed by atoms with Gasteiger partial charge in [0.05, 0.1) is 4.47 Å². The second-order valence-electron chi connectivity index (χ2n) is 4.09. The summed E-state index contributed by atoms with van der Waals surface area (Å²) in [7, 11) is 0. The van der Waals surface area contributed by atoms with Crippen molar-refractivity contribution in [1.82, 2.24) is 5.32 Å². The van der Waals surface area contributed by atoms with Gasteiger partial charge in [-0.25, -0.2) is 0 Å². The first-order valence-electron chi connectivity index (χ1n) is 6.42. The minimum atomic E-state index is 0.719. The summed E-state index contributed by atoms with van der Waals surface area (Å²) in [5.41, 5.74) is 0. The number of nitrogens with one attached hydrogen (secondary N) is 1. The van der Waals surface area contributed by atoms with Crippen molar-refractivity contribution in [2.75, 3.05) is 19.7 Å². The molecule has 0 aliphatic heterocycles. The first kappa shape index (κ1) is 14.5.